The number of carbonyl (C=O) groups excluding carboxylic acids is 4. The van der Waals surface area contributed by atoms with Crippen molar-refractivity contribution in [2.75, 3.05) is 0 Å². The van der Waals surface area contributed by atoms with E-state index in [4.69, 9.17) is 5.73 Å². The molecule has 0 aromatic rings. The van der Waals surface area contributed by atoms with Gasteiger partial charge in [0.2, 0.25) is 17.7 Å². The summed E-state index contributed by atoms with van der Waals surface area (Å²) in [5, 5.41) is 4.98. The van der Waals surface area contributed by atoms with E-state index >= 15 is 0 Å². The summed E-state index contributed by atoms with van der Waals surface area (Å²) >= 11 is 0. The molecule has 1 aliphatic rings. The van der Waals surface area contributed by atoms with E-state index in [1.807, 2.05) is 0 Å². The van der Waals surface area contributed by atoms with Crippen LogP contribution in [0, 0.1) is 5.41 Å². The van der Waals surface area contributed by atoms with Crippen molar-refractivity contribution in [2.24, 2.45) is 11.1 Å². The standard InChI is InChI=1S/C13H21N3O4/c1-7(8(2)17)15-11(19)9(6-10(14)18)16-12(20)13(3)4-5-13/h7,9H,4-6H2,1-3H3,(H2,14,18)(H,15,19)(H,16,20)/t7-,9-/m0/s1. The Labute approximate surface area is 117 Å². The summed E-state index contributed by atoms with van der Waals surface area (Å²) in [6.45, 7) is 4.67. The number of rotatable bonds is 7. The first-order chi connectivity index (χ1) is 9.15. The van der Waals surface area contributed by atoms with Gasteiger partial charge in [0.15, 0.2) is 5.78 Å². The van der Waals surface area contributed by atoms with E-state index in [9.17, 15) is 19.2 Å². The van der Waals surface area contributed by atoms with Crippen LogP contribution in [-0.2, 0) is 19.2 Å². The second-order valence-corrected chi connectivity index (χ2v) is 5.60. The first-order valence-electron chi connectivity index (χ1n) is 6.56. The summed E-state index contributed by atoms with van der Waals surface area (Å²) in [6.07, 6.45) is 1.22. The van der Waals surface area contributed by atoms with Crippen LogP contribution in [0.1, 0.15) is 40.0 Å². The molecule has 20 heavy (non-hydrogen) atoms. The molecule has 0 unspecified atom stereocenters. The van der Waals surface area contributed by atoms with Gasteiger partial charge in [-0.2, -0.15) is 0 Å². The van der Waals surface area contributed by atoms with Gasteiger partial charge in [-0.25, -0.2) is 0 Å². The van der Waals surface area contributed by atoms with Gasteiger partial charge in [0.1, 0.15) is 6.04 Å². The maximum atomic E-state index is 12.0. The van der Waals surface area contributed by atoms with Gasteiger partial charge in [0.25, 0.3) is 0 Å². The number of hydrogen-bond acceptors (Lipinski definition) is 4. The molecule has 7 nitrogen and oxygen atoms in total. The Balaban J connectivity index is 2.67. The number of primary amides is 1. The Kier molecular flexibility index (Phi) is 4.86. The van der Waals surface area contributed by atoms with Gasteiger partial charge < -0.3 is 16.4 Å². The normalized spacial score (nSPS) is 18.6. The van der Waals surface area contributed by atoms with Crippen LogP contribution in [-0.4, -0.2) is 35.6 Å². The number of Topliss-reactive ketones (excluding diaryl/α,β-unsaturated/α-hetero) is 1. The van der Waals surface area contributed by atoms with Crippen molar-refractivity contribution in [1.29, 1.82) is 0 Å². The molecule has 1 saturated carbocycles. The Morgan fingerprint density at radius 1 is 1.20 bits per heavy atom. The number of nitrogens with one attached hydrogen (secondary N) is 2. The number of nitrogens with two attached hydrogens (primary N) is 1. The highest BCUT2D eigenvalue weighted by molar-refractivity contribution is 5.95. The minimum atomic E-state index is -1.04. The third-order valence-corrected chi connectivity index (χ3v) is 3.54. The average Bonchev–Trinajstić information content (AvgIpc) is 3.06. The molecule has 0 spiro atoms. The van der Waals surface area contributed by atoms with Gasteiger partial charge in [-0.05, 0) is 26.7 Å². The van der Waals surface area contributed by atoms with Crippen LogP contribution in [0.3, 0.4) is 0 Å². The van der Waals surface area contributed by atoms with Crippen LogP contribution in [0.2, 0.25) is 0 Å². The molecular weight excluding hydrogens is 262 g/mol. The second kappa shape index (κ2) is 6.02. The van der Waals surface area contributed by atoms with Gasteiger partial charge in [0, 0.05) is 5.41 Å². The molecule has 4 N–H and O–H groups in total. The lowest BCUT2D eigenvalue weighted by molar-refractivity contribution is -0.134. The SMILES string of the molecule is CC(=O)[C@H](C)NC(=O)[C@H](CC(N)=O)NC(=O)C1(C)CC1. The van der Waals surface area contributed by atoms with Crippen molar-refractivity contribution in [1.82, 2.24) is 10.6 Å². The van der Waals surface area contributed by atoms with E-state index in [-0.39, 0.29) is 18.1 Å². The predicted molar refractivity (Wildman–Crippen MR) is 71.4 cm³/mol. The zero-order valence-electron chi connectivity index (χ0n) is 12.0. The molecule has 0 aromatic heterocycles. The lowest BCUT2D eigenvalue weighted by atomic mass is 10.1. The summed E-state index contributed by atoms with van der Waals surface area (Å²) in [5.74, 6) is -1.75. The molecule has 1 fully saturated rings. The number of amides is 3. The van der Waals surface area contributed by atoms with Crippen LogP contribution in [0.15, 0.2) is 0 Å². The predicted octanol–water partition coefficient (Wildman–Crippen LogP) is -0.760. The summed E-state index contributed by atoms with van der Waals surface area (Å²) in [5.41, 5.74) is 4.63. The Hall–Kier alpha value is -1.92. The molecule has 1 aliphatic carbocycles. The molecule has 112 valence electrons. The fourth-order valence-electron chi connectivity index (χ4n) is 1.57. The topological polar surface area (TPSA) is 118 Å². The first kappa shape index (κ1) is 16.1. The largest absolute Gasteiger partial charge is 0.370 e. The highest BCUT2D eigenvalue weighted by Crippen LogP contribution is 2.45. The first-order valence-corrected chi connectivity index (χ1v) is 6.56. The minimum absolute atomic E-state index is 0.211. The molecule has 1 rings (SSSR count). The highest BCUT2D eigenvalue weighted by Gasteiger charge is 2.46. The van der Waals surface area contributed by atoms with E-state index in [1.165, 1.54) is 13.8 Å². The van der Waals surface area contributed by atoms with Gasteiger partial charge in [-0.3, -0.25) is 19.2 Å². The lowest BCUT2D eigenvalue weighted by Crippen LogP contribution is -2.52. The molecular formula is C13H21N3O4. The van der Waals surface area contributed by atoms with Gasteiger partial charge in [-0.1, -0.05) is 6.92 Å². The molecule has 2 atom stereocenters. The van der Waals surface area contributed by atoms with Crippen LogP contribution >= 0.6 is 0 Å². The van der Waals surface area contributed by atoms with E-state index in [0.29, 0.717) is 0 Å². The van der Waals surface area contributed by atoms with Crippen LogP contribution < -0.4 is 16.4 Å². The maximum Gasteiger partial charge on any atom is 0.243 e. The van der Waals surface area contributed by atoms with Gasteiger partial charge >= 0.3 is 0 Å². The number of carbonyl (C=O) groups is 4. The lowest BCUT2D eigenvalue weighted by Gasteiger charge is -2.21. The van der Waals surface area contributed by atoms with Gasteiger partial charge in [0.05, 0.1) is 12.5 Å². The van der Waals surface area contributed by atoms with Crippen LogP contribution in [0.5, 0.6) is 0 Å². The molecule has 0 bridgehead atoms. The maximum absolute atomic E-state index is 12.0. The molecule has 0 radical (unpaired) electrons. The molecule has 3 amide bonds. The smallest absolute Gasteiger partial charge is 0.243 e. The van der Waals surface area contributed by atoms with E-state index in [0.717, 1.165) is 12.8 Å². The van der Waals surface area contributed by atoms with Crippen molar-refractivity contribution >= 4 is 23.5 Å². The quantitative estimate of drug-likeness (QED) is 0.569. The highest BCUT2D eigenvalue weighted by atomic mass is 16.2. The second-order valence-electron chi connectivity index (χ2n) is 5.60. The molecule has 7 heteroatoms. The summed E-state index contributed by atoms with van der Waals surface area (Å²) < 4.78 is 0. The average molecular weight is 283 g/mol. The fourth-order valence-corrected chi connectivity index (χ4v) is 1.57. The van der Waals surface area contributed by atoms with Crippen molar-refractivity contribution in [3.63, 3.8) is 0 Å². The third-order valence-electron chi connectivity index (χ3n) is 3.54. The van der Waals surface area contributed by atoms with E-state index in [2.05, 4.69) is 10.6 Å². The summed E-state index contributed by atoms with van der Waals surface area (Å²) in [4.78, 5) is 46.0. The van der Waals surface area contributed by atoms with Crippen LogP contribution in [0.25, 0.3) is 0 Å². The molecule has 0 saturated heterocycles. The van der Waals surface area contributed by atoms with Crippen LogP contribution in [0.4, 0.5) is 0 Å². The summed E-state index contributed by atoms with van der Waals surface area (Å²) in [7, 11) is 0. The zero-order chi connectivity index (χ0) is 15.5. The van der Waals surface area contributed by atoms with Crippen molar-refractivity contribution in [3.8, 4) is 0 Å². The number of ketones is 1. The minimum Gasteiger partial charge on any atom is -0.370 e. The monoisotopic (exact) mass is 283 g/mol. The zero-order valence-corrected chi connectivity index (χ0v) is 12.0. The molecule has 0 heterocycles. The Morgan fingerprint density at radius 3 is 2.15 bits per heavy atom. The summed E-state index contributed by atoms with van der Waals surface area (Å²) in [6, 6.07) is -1.72. The molecule has 0 aromatic carbocycles. The molecule has 0 aliphatic heterocycles. The number of hydrogen-bond donors (Lipinski definition) is 3. The van der Waals surface area contributed by atoms with E-state index < -0.39 is 29.3 Å². The van der Waals surface area contributed by atoms with E-state index in [1.54, 1.807) is 6.92 Å². The van der Waals surface area contributed by atoms with Crippen molar-refractivity contribution in [2.45, 2.75) is 52.1 Å². The Morgan fingerprint density at radius 2 is 1.75 bits per heavy atom. The Bertz CT molecular complexity index is 443. The van der Waals surface area contributed by atoms with Crippen molar-refractivity contribution in [3.05, 3.63) is 0 Å². The van der Waals surface area contributed by atoms with Gasteiger partial charge in [-0.15, -0.1) is 0 Å². The third kappa shape index (κ3) is 4.32. The van der Waals surface area contributed by atoms with Crippen molar-refractivity contribution < 1.29 is 19.2 Å². The fraction of sp³-hybridized carbons (Fsp3) is 0.692.